The predicted octanol–water partition coefficient (Wildman–Crippen LogP) is 0.854. The van der Waals surface area contributed by atoms with Crippen LogP contribution in [0.3, 0.4) is 0 Å². The van der Waals surface area contributed by atoms with Gasteiger partial charge in [0.2, 0.25) is 6.20 Å². The van der Waals surface area contributed by atoms with Crippen molar-refractivity contribution in [1.29, 1.82) is 0 Å². The molecule has 2 rings (SSSR count). The summed E-state index contributed by atoms with van der Waals surface area (Å²) < 4.78 is 2.67. The van der Waals surface area contributed by atoms with Crippen molar-refractivity contribution in [2.75, 3.05) is 0 Å². The first kappa shape index (κ1) is 6.09. The van der Waals surface area contributed by atoms with Gasteiger partial charge < -0.3 is 4.40 Å². The molecule has 0 atom stereocenters. The molecule has 0 aromatic carbocycles. The lowest BCUT2D eigenvalue weighted by atomic mass is 10.4. The third kappa shape index (κ3) is 1.00. The Bertz CT molecular complexity index is 433. The molecular formula is C8H7N2O+. The maximum atomic E-state index is 10.8. The fourth-order valence-electron chi connectivity index (χ4n) is 1.03. The van der Waals surface area contributed by atoms with Gasteiger partial charge in [-0.1, -0.05) is 6.07 Å². The first-order chi connectivity index (χ1) is 5.36. The van der Waals surface area contributed by atoms with E-state index in [4.69, 9.17) is 0 Å². The number of aromatic nitrogens is 2. The van der Waals surface area contributed by atoms with Crippen LogP contribution in [0.1, 0.15) is 0 Å². The zero-order valence-electron chi connectivity index (χ0n) is 5.84. The van der Waals surface area contributed by atoms with Crippen LogP contribution in [0, 0.1) is 4.91 Å². The highest BCUT2D eigenvalue weighted by atomic mass is 16.3. The molecule has 2 aromatic heterocycles. The van der Waals surface area contributed by atoms with Gasteiger partial charge in [0.05, 0.1) is 10.6 Å². The number of pyridine rings is 1. The molecule has 0 saturated heterocycles. The molecule has 0 saturated carbocycles. The van der Waals surface area contributed by atoms with Gasteiger partial charge in [-0.2, -0.15) is 0 Å². The topological polar surface area (TPSA) is 27.4 Å². The van der Waals surface area contributed by atoms with Crippen molar-refractivity contribution in [2.45, 2.75) is 0 Å². The van der Waals surface area contributed by atoms with Crippen molar-refractivity contribution in [2.24, 2.45) is 0 Å². The molecule has 0 aliphatic rings. The normalized spacial score (nSPS) is 10.2. The van der Waals surface area contributed by atoms with Gasteiger partial charge in [0.25, 0.3) is 6.20 Å². The molecule has 54 valence electrons. The van der Waals surface area contributed by atoms with Crippen LogP contribution in [0.2, 0.25) is 0 Å². The monoisotopic (exact) mass is 147 g/mol. The van der Waals surface area contributed by atoms with Crippen LogP contribution in [0.25, 0.3) is 5.52 Å². The predicted molar refractivity (Wildman–Crippen MR) is 40.8 cm³/mol. The van der Waals surface area contributed by atoms with Crippen molar-refractivity contribution in [1.82, 2.24) is 4.40 Å². The molecular weight excluding hydrogens is 140 g/mol. The van der Waals surface area contributed by atoms with E-state index in [1.165, 1.54) is 12.4 Å². The van der Waals surface area contributed by atoms with Gasteiger partial charge in [0, 0.05) is 11.1 Å². The Morgan fingerprint density at radius 3 is 3.09 bits per heavy atom. The highest BCUT2D eigenvalue weighted by molar-refractivity contribution is 5.41. The second kappa shape index (κ2) is 2.20. The number of fused-ring (bicyclic) bond motifs is 1. The van der Waals surface area contributed by atoms with Crippen LogP contribution < -0.4 is 4.43 Å². The Labute approximate surface area is 63.1 Å². The molecule has 0 N–H and O–H groups in total. The summed E-state index contributed by atoms with van der Waals surface area (Å²) in [6, 6.07) is 5.70. The molecule has 0 amide bonds. The molecule has 0 spiro atoms. The summed E-state index contributed by atoms with van der Waals surface area (Å²) in [6.45, 7) is 0. The van der Waals surface area contributed by atoms with Crippen molar-refractivity contribution < 1.29 is 4.43 Å². The van der Waals surface area contributed by atoms with Crippen molar-refractivity contribution in [3.63, 3.8) is 0 Å². The lowest BCUT2D eigenvalue weighted by molar-refractivity contribution is -0.493. The van der Waals surface area contributed by atoms with Crippen LogP contribution in [-0.4, -0.2) is 4.40 Å². The Morgan fingerprint density at radius 1 is 1.27 bits per heavy atom. The average Bonchev–Trinajstić information content (AvgIpc) is 2.04. The zero-order chi connectivity index (χ0) is 7.68. The van der Waals surface area contributed by atoms with E-state index in [-0.39, 0.29) is 0 Å². The van der Waals surface area contributed by atoms with Crippen molar-refractivity contribution in [3.8, 4) is 0 Å². The third-order valence-corrected chi connectivity index (χ3v) is 1.56. The quantitative estimate of drug-likeness (QED) is 0.507. The van der Waals surface area contributed by atoms with E-state index in [0.717, 1.165) is 9.94 Å². The van der Waals surface area contributed by atoms with Gasteiger partial charge in [-0.3, -0.25) is 0 Å². The van der Waals surface area contributed by atoms with E-state index >= 15 is 0 Å². The largest absolute Gasteiger partial charge is 0.313 e. The Balaban J connectivity index is 2.94. The molecule has 3 heteroatoms. The summed E-state index contributed by atoms with van der Waals surface area (Å²) in [5.41, 5.74) is 0.894. The molecule has 0 aliphatic carbocycles. The maximum absolute atomic E-state index is 10.8. The minimum Gasteiger partial charge on any atom is -0.313 e. The van der Waals surface area contributed by atoms with Gasteiger partial charge in [0.1, 0.15) is 5.52 Å². The summed E-state index contributed by atoms with van der Waals surface area (Å²) in [5, 5.41) is 0. The van der Waals surface area contributed by atoms with Crippen molar-refractivity contribution in [3.05, 3.63) is 47.9 Å². The highest BCUT2D eigenvalue weighted by Crippen LogP contribution is 1.96. The second-order valence-electron chi connectivity index (χ2n) is 2.32. The molecule has 0 aliphatic heterocycles. The van der Waals surface area contributed by atoms with E-state index in [9.17, 15) is 4.91 Å². The van der Waals surface area contributed by atoms with Gasteiger partial charge in [-0.15, -0.1) is 0 Å². The summed E-state index contributed by atoms with van der Waals surface area (Å²) in [7, 11) is 0. The fraction of sp³-hybridized carbons (Fsp3) is 0. The zero-order valence-corrected chi connectivity index (χ0v) is 5.84. The summed E-state index contributed by atoms with van der Waals surface area (Å²) in [5.74, 6) is 0. The van der Waals surface area contributed by atoms with Crippen LogP contribution in [-0.2, 0) is 0 Å². The van der Waals surface area contributed by atoms with Gasteiger partial charge >= 0.3 is 0 Å². The molecule has 0 fully saturated rings. The van der Waals surface area contributed by atoms with E-state index in [2.05, 4.69) is 0 Å². The van der Waals surface area contributed by atoms with Gasteiger partial charge in [-0.25, -0.2) is 0 Å². The minimum absolute atomic E-state index is 0.787. The van der Waals surface area contributed by atoms with Crippen molar-refractivity contribution >= 4 is 5.52 Å². The second-order valence-corrected chi connectivity index (χ2v) is 2.32. The maximum Gasteiger partial charge on any atom is 0.251 e. The first-order valence-corrected chi connectivity index (χ1v) is 3.35. The van der Waals surface area contributed by atoms with E-state index < -0.39 is 0 Å². The minimum atomic E-state index is 0.787. The molecule has 0 bridgehead atoms. The fourth-order valence-corrected chi connectivity index (χ4v) is 1.03. The smallest absolute Gasteiger partial charge is 0.251 e. The number of rotatable bonds is 0. The Kier molecular flexibility index (Phi) is 1.22. The van der Waals surface area contributed by atoms with E-state index in [1.54, 1.807) is 6.20 Å². The summed E-state index contributed by atoms with van der Waals surface area (Å²) in [6.07, 6.45) is 6.62. The molecule has 2 aromatic rings. The highest BCUT2D eigenvalue weighted by Gasteiger charge is 1.94. The number of nitrogens with zero attached hydrogens (tertiary/aromatic N) is 2. The SMILES string of the molecule is O=[n+]1ccn2ccccc2c1. The molecule has 2 heterocycles. The summed E-state index contributed by atoms with van der Waals surface area (Å²) in [4.78, 5) is 10.8. The summed E-state index contributed by atoms with van der Waals surface area (Å²) >= 11 is 0. The van der Waals surface area contributed by atoms with Gasteiger partial charge in [-0.05, 0) is 12.1 Å². The number of hydrogen-bond acceptors (Lipinski definition) is 1. The lowest BCUT2D eigenvalue weighted by Gasteiger charge is -1.92. The molecule has 0 radical (unpaired) electrons. The molecule has 11 heavy (non-hydrogen) atoms. The molecule has 3 nitrogen and oxygen atoms in total. The molecule has 0 unspecified atom stereocenters. The standard InChI is InChI=1S/C8H7N2O/c11-10-6-5-9-4-2-1-3-8(9)7-10/h1-7H/q+1. The Morgan fingerprint density at radius 2 is 2.18 bits per heavy atom. The van der Waals surface area contributed by atoms with Crippen LogP contribution in [0.4, 0.5) is 0 Å². The Hall–Kier alpha value is -1.64. The van der Waals surface area contributed by atoms with E-state index in [0.29, 0.717) is 0 Å². The number of hydrogen-bond donors (Lipinski definition) is 0. The first-order valence-electron chi connectivity index (χ1n) is 3.35. The lowest BCUT2D eigenvalue weighted by Crippen LogP contribution is -2.12. The van der Waals surface area contributed by atoms with Crippen LogP contribution in [0.5, 0.6) is 0 Å². The van der Waals surface area contributed by atoms with Crippen LogP contribution >= 0.6 is 0 Å². The van der Waals surface area contributed by atoms with Gasteiger partial charge in [0.15, 0.2) is 0 Å². The third-order valence-electron chi connectivity index (χ3n) is 1.56. The van der Waals surface area contributed by atoms with Crippen LogP contribution in [0.15, 0.2) is 43.0 Å². The van der Waals surface area contributed by atoms with E-state index in [1.807, 2.05) is 28.8 Å². The average molecular weight is 147 g/mol.